The fourth-order valence-electron chi connectivity index (χ4n) is 4.01. The number of amides is 1. The summed E-state index contributed by atoms with van der Waals surface area (Å²) in [6, 6.07) is 4.60. The zero-order chi connectivity index (χ0) is 18.8. The fourth-order valence-corrected chi connectivity index (χ4v) is 5.13. The van der Waals surface area contributed by atoms with Crippen LogP contribution in [0, 0.1) is 0 Å². The second-order valence-electron chi connectivity index (χ2n) is 7.74. The maximum absolute atomic E-state index is 12.7. The van der Waals surface area contributed by atoms with Gasteiger partial charge in [0.1, 0.15) is 0 Å². The maximum Gasteiger partial charge on any atom is 0.252 e. The van der Waals surface area contributed by atoms with Crippen LogP contribution >= 0.6 is 11.3 Å². The largest absolute Gasteiger partial charge is 0.348 e. The molecule has 27 heavy (non-hydrogen) atoms. The number of fused-ring (bicyclic) bond motifs is 1. The standard InChI is InChI=1S/C21H28N4OS/c1-3-15-4-5-16(22-10-15)12-25-9-7-18-19(14-27-20(18)13-25)21(26)23-17-6-8-24(2)11-17/h4-5,10,14,17H,3,6-9,11-13H2,1-2H3,(H,23,26). The maximum atomic E-state index is 12.7. The van der Waals surface area contributed by atoms with E-state index < -0.39 is 0 Å². The van der Waals surface area contributed by atoms with Crippen molar-refractivity contribution in [3.05, 3.63) is 51.0 Å². The highest BCUT2D eigenvalue weighted by Crippen LogP contribution is 2.29. The van der Waals surface area contributed by atoms with Gasteiger partial charge in [0.2, 0.25) is 0 Å². The average Bonchev–Trinajstić information content (AvgIpc) is 3.28. The minimum Gasteiger partial charge on any atom is -0.348 e. The molecule has 2 aromatic rings. The zero-order valence-corrected chi connectivity index (χ0v) is 17.0. The molecule has 0 bridgehead atoms. The Kier molecular flexibility index (Phi) is 5.57. The summed E-state index contributed by atoms with van der Waals surface area (Å²) in [5.41, 5.74) is 4.56. The van der Waals surface area contributed by atoms with Crippen molar-refractivity contribution >= 4 is 17.2 Å². The molecule has 1 atom stereocenters. The Bertz CT molecular complexity index is 801. The number of nitrogens with one attached hydrogen (secondary N) is 1. The summed E-state index contributed by atoms with van der Waals surface area (Å²) in [7, 11) is 2.11. The summed E-state index contributed by atoms with van der Waals surface area (Å²) < 4.78 is 0. The van der Waals surface area contributed by atoms with E-state index in [1.54, 1.807) is 11.3 Å². The number of hydrogen-bond donors (Lipinski definition) is 1. The van der Waals surface area contributed by atoms with Gasteiger partial charge in [-0.25, -0.2) is 0 Å². The van der Waals surface area contributed by atoms with Gasteiger partial charge in [-0.05, 0) is 50.0 Å². The lowest BCUT2D eigenvalue weighted by Crippen LogP contribution is -2.37. The van der Waals surface area contributed by atoms with Crippen molar-refractivity contribution in [2.24, 2.45) is 0 Å². The molecule has 2 aliphatic heterocycles. The molecular formula is C21H28N4OS. The lowest BCUT2D eigenvalue weighted by molar-refractivity contribution is 0.0937. The number of carbonyl (C=O) groups is 1. The van der Waals surface area contributed by atoms with Gasteiger partial charge in [0.25, 0.3) is 5.91 Å². The molecule has 1 unspecified atom stereocenters. The molecule has 1 fully saturated rings. The number of hydrogen-bond acceptors (Lipinski definition) is 5. The highest BCUT2D eigenvalue weighted by Gasteiger charge is 2.27. The van der Waals surface area contributed by atoms with Crippen LogP contribution in [-0.2, 0) is 25.9 Å². The first-order valence-electron chi connectivity index (χ1n) is 9.87. The van der Waals surface area contributed by atoms with Crippen molar-refractivity contribution in [2.45, 2.75) is 45.3 Å². The first-order valence-corrected chi connectivity index (χ1v) is 10.7. The van der Waals surface area contributed by atoms with Crippen LogP contribution in [0.2, 0.25) is 0 Å². The van der Waals surface area contributed by atoms with Gasteiger partial charge in [-0.15, -0.1) is 11.3 Å². The van der Waals surface area contributed by atoms with E-state index in [4.69, 9.17) is 0 Å². The van der Waals surface area contributed by atoms with Crippen molar-refractivity contribution in [2.75, 3.05) is 26.7 Å². The predicted octanol–water partition coefficient (Wildman–Crippen LogP) is 2.70. The molecule has 5 nitrogen and oxygen atoms in total. The third-order valence-electron chi connectivity index (χ3n) is 5.68. The van der Waals surface area contributed by atoms with Crippen LogP contribution in [0.4, 0.5) is 0 Å². The number of likely N-dealkylation sites (tertiary alicyclic amines) is 1. The lowest BCUT2D eigenvalue weighted by atomic mass is 10.0. The highest BCUT2D eigenvalue weighted by atomic mass is 32.1. The SMILES string of the molecule is CCc1ccc(CN2CCc3c(C(=O)NC4CCN(C)C4)csc3C2)nc1. The topological polar surface area (TPSA) is 48.5 Å². The summed E-state index contributed by atoms with van der Waals surface area (Å²) >= 11 is 1.73. The lowest BCUT2D eigenvalue weighted by Gasteiger charge is -2.27. The molecule has 4 heterocycles. The minimum absolute atomic E-state index is 0.109. The first kappa shape index (κ1) is 18.6. The zero-order valence-electron chi connectivity index (χ0n) is 16.2. The van der Waals surface area contributed by atoms with Crippen molar-refractivity contribution in [1.82, 2.24) is 20.1 Å². The quantitative estimate of drug-likeness (QED) is 0.861. The van der Waals surface area contributed by atoms with Gasteiger partial charge >= 0.3 is 0 Å². The molecule has 1 N–H and O–H groups in total. The number of thiophene rings is 1. The predicted molar refractivity (Wildman–Crippen MR) is 109 cm³/mol. The van der Waals surface area contributed by atoms with Crippen LogP contribution in [0.25, 0.3) is 0 Å². The summed E-state index contributed by atoms with van der Waals surface area (Å²) in [4.78, 5) is 23.4. The van der Waals surface area contributed by atoms with Crippen molar-refractivity contribution < 1.29 is 4.79 Å². The van der Waals surface area contributed by atoms with Crippen LogP contribution in [0.1, 0.15) is 45.4 Å². The van der Waals surface area contributed by atoms with E-state index in [2.05, 4.69) is 51.6 Å². The molecule has 1 amide bonds. The van der Waals surface area contributed by atoms with Gasteiger partial charge in [0, 0.05) is 48.7 Å². The van der Waals surface area contributed by atoms with E-state index in [-0.39, 0.29) is 11.9 Å². The van der Waals surface area contributed by atoms with Crippen molar-refractivity contribution in [3.8, 4) is 0 Å². The van der Waals surface area contributed by atoms with Crippen LogP contribution in [0.3, 0.4) is 0 Å². The third-order valence-corrected chi connectivity index (χ3v) is 6.69. The average molecular weight is 385 g/mol. The van der Waals surface area contributed by atoms with E-state index in [0.717, 1.165) is 63.2 Å². The molecule has 2 aromatic heterocycles. The van der Waals surface area contributed by atoms with Crippen LogP contribution in [0.15, 0.2) is 23.7 Å². The number of aromatic nitrogens is 1. The summed E-state index contributed by atoms with van der Waals surface area (Å²) in [6.07, 6.45) is 5.00. The molecule has 0 saturated carbocycles. The van der Waals surface area contributed by atoms with Gasteiger partial charge in [-0.1, -0.05) is 13.0 Å². The number of aryl methyl sites for hydroxylation is 1. The van der Waals surface area contributed by atoms with Gasteiger partial charge in [0.15, 0.2) is 0 Å². The Hall–Kier alpha value is -1.76. The van der Waals surface area contributed by atoms with E-state index in [9.17, 15) is 4.79 Å². The number of rotatable bonds is 5. The Morgan fingerprint density at radius 1 is 1.37 bits per heavy atom. The highest BCUT2D eigenvalue weighted by molar-refractivity contribution is 7.10. The first-order chi connectivity index (χ1) is 13.1. The molecule has 0 aromatic carbocycles. The summed E-state index contributed by atoms with van der Waals surface area (Å²) in [6.45, 7) is 6.93. The van der Waals surface area contributed by atoms with E-state index in [1.807, 2.05) is 6.20 Å². The minimum atomic E-state index is 0.109. The summed E-state index contributed by atoms with van der Waals surface area (Å²) in [5, 5.41) is 5.28. The Morgan fingerprint density at radius 2 is 2.26 bits per heavy atom. The van der Waals surface area contributed by atoms with Crippen LogP contribution in [-0.4, -0.2) is 53.4 Å². The molecule has 6 heteroatoms. The van der Waals surface area contributed by atoms with Crippen molar-refractivity contribution in [3.63, 3.8) is 0 Å². The van der Waals surface area contributed by atoms with Crippen LogP contribution < -0.4 is 5.32 Å². The van der Waals surface area contributed by atoms with Gasteiger partial charge in [-0.3, -0.25) is 14.7 Å². The molecule has 144 valence electrons. The molecule has 4 rings (SSSR count). The normalized spacial score (nSPS) is 20.6. The second kappa shape index (κ2) is 8.09. The summed E-state index contributed by atoms with van der Waals surface area (Å²) in [5.74, 6) is 0.109. The molecule has 0 radical (unpaired) electrons. The number of carbonyl (C=O) groups excluding carboxylic acids is 1. The van der Waals surface area contributed by atoms with Gasteiger partial charge in [-0.2, -0.15) is 0 Å². The Morgan fingerprint density at radius 3 is 2.96 bits per heavy atom. The number of likely N-dealkylation sites (N-methyl/N-ethyl adjacent to an activating group) is 1. The third kappa shape index (κ3) is 4.23. The molecular weight excluding hydrogens is 356 g/mol. The fraction of sp³-hybridized carbons (Fsp3) is 0.524. The Balaban J connectivity index is 1.38. The van der Waals surface area contributed by atoms with Crippen molar-refractivity contribution in [1.29, 1.82) is 0 Å². The Labute approximate surface area is 165 Å². The van der Waals surface area contributed by atoms with E-state index in [0.29, 0.717) is 0 Å². The van der Waals surface area contributed by atoms with E-state index in [1.165, 1.54) is 16.0 Å². The monoisotopic (exact) mass is 384 g/mol. The number of pyridine rings is 1. The molecule has 0 spiro atoms. The smallest absolute Gasteiger partial charge is 0.252 e. The van der Waals surface area contributed by atoms with Gasteiger partial charge in [0.05, 0.1) is 11.3 Å². The number of nitrogens with zero attached hydrogens (tertiary/aromatic N) is 3. The second-order valence-corrected chi connectivity index (χ2v) is 8.71. The van der Waals surface area contributed by atoms with Crippen LogP contribution in [0.5, 0.6) is 0 Å². The van der Waals surface area contributed by atoms with E-state index >= 15 is 0 Å². The molecule has 0 aliphatic carbocycles. The molecule has 2 aliphatic rings. The molecule has 1 saturated heterocycles. The van der Waals surface area contributed by atoms with Gasteiger partial charge < -0.3 is 10.2 Å².